The second-order valence-electron chi connectivity index (χ2n) is 7.85. The van der Waals surface area contributed by atoms with Gasteiger partial charge in [-0.25, -0.2) is 9.78 Å². The average Bonchev–Trinajstić information content (AvgIpc) is 2.77. The average molecular weight is 511 g/mol. The minimum absolute atomic E-state index is 0. The lowest BCUT2D eigenvalue weighted by molar-refractivity contribution is 0.0474. The van der Waals surface area contributed by atoms with Crippen molar-refractivity contribution in [3.63, 3.8) is 0 Å². The lowest BCUT2D eigenvalue weighted by Gasteiger charge is -2.29. The Morgan fingerprint density at radius 1 is 1.19 bits per heavy atom. The molecule has 0 unspecified atom stereocenters. The van der Waals surface area contributed by atoms with E-state index in [-0.39, 0.29) is 24.0 Å². The zero-order chi connectivity index (χ0) is 20.0. The Bertz CT molecular complexity index is 638. The summed E-state index contributed by atoms with van der Waals surface area (Å²) in [5.41, 5.74) is 0.101. The Morgan fingerprint density at radius 3 is 2.30 bits per heavy atom. The first-order valence-electron chi connectivity index (χ1n) is 8.80. The van der Waals surface area contributed by atoms with Crippen molar-refractivity contribution in [1.29, 1.82) is 0 Å². The molecule has 0 saturated heterocycles. The van der Waals surface area contributed by atoms with Crippen molar-refractivity contribution < 1.29 is 9.53 Å². The number of nitrogens with one attached hydrogen (secondary N) is 3. The molecule has 0 aliphatic carbocycles. The predicted octanol–water partition coefficient (Wildman–Crippen LogP) is 3.39. The van der Waals surface area contributed by atoms with E-state index in [2.05, 4.69) is 25.9 Å². The summed E-state index contributed by atoms with van der Waals surface area (Å²) in [6.45, 7) is 14.7. The first-order valence-corrected chi connectivity index (χ1v) is 9.62. The molecule has 7 nitrogen and oxygen atoms in total. The zero-order valence-electron chi connectivity index (χ0n) is 17.6. The fraction of sp³-hybridized carbons (Fsp3) is 0.722. The van der Waals surface area contributed by atoms with E-state index in [1.165, 1.54) is 4.88 Å². The number of carbonyl (C=O) groups excluding carboxylic acids is 1. The van der Waals surface area contributed by atoms with Gasteiger partial charge in [0.25, 0.3) is 0 Å². The number of aromatic nitrogens is 1. The van der Waals surface area contributed by atoms with Crippen molar-refractivity contribution >= 4 is 47.4 Å². The van der Waals surface area contributed by atoms with Gasteiger partial charge < -0.3 is 20.7 Å². The molecule has 0 aliphatic heterocycles. The number of thiazole rings is 1. The van der Waals surface area contributed by atoms with Gasteiger partial charge >= 0.3 is 6.09 Å². The van der Waals surface area contributed by atoms with Crippen LogP contribution in [0.4, 0.5) is 4.79 Å². The van der Waals surface area contributed by atoms with Crippen molar-refractivity contribution in [2.24, 2.45) is 4.99 Å². The summed E-state index contributed by atoms with van der Waals surface area (Å²) in [5.74, 6) is 0.697. The molecule has 1 aromatic rings. The van der Waals surface area contributed by atoms with Crippen LogP contribution < -0.4 is 16.0 Å². The molecule has 156 valence electrons. The first-order chi connectivity index (χ1) is 11.9. The number of hydrogen-bond donors (Lipinski definition) is 3. The minimum atomic E-state index is -0.516. The molecule has 9 heteroatoms. The molecular formula is C18H34IN5O2S. The van der Waals surface area contributed by atoms with Gasteiger partial charge in [0.2, 0.25) is 0 Å². The van der Waals surface area contributed by atoms with E-state index in [1.54, 1.807) is 18.4 Å². The second-order valence-corrected chi connectivity index (χ2v) is 9.14. The highest BCUT2D eigenvalue weighted by Gasteiger charge is 2.24. The van der Waals surface area contributed by atoms with Crippen LogP contribution in [-0.4, -0.2) is 48.3 Å². The normalized spacial score (nSPS) is 12.2. The number of aryl methyl sites for hydroxylation is 2. The third kappa shape index (κ3) is 10.7. The molecule has 0 fully saturated rings. The zero-order valence-corrected chi connectivity index (χ0v) is 20.8. The number of ether oxygens (including phenoxy) is 1. The monoisotopic (exact) mass is 511 g/mol. The van der Waals surface area contributed by atoms with E-state index in [9.17, 15) is 4.79 Å². The van der Waals surface area contributed by atoms with Crippen LogP contribution in [0.15, 0.2) is 4.99 Å². The maximum atomic E-state index is 11.9. The van der Waals surface area contributed by atoms with Crippen molar-refractivity contribution in [2.45, 2.75) is 66.0 Å². The van der Waals surface area contributed by atoms with E-state index in [0.717, 1.165) is 23.7 Å². The molecule has 0 aromatic carbocycles. The number of carbonyl (C=O) groups is 1. The summed E-state index contributed by atoms with van der Waals surface area (Å²) in [6, 6.07) is 0. The third-order valence-electron chi connectivity index (χ3n) is 3.40. The maximum Gasteiger partial charge on any atom is 0.408 e. The molecule has 1 aromatic heterocycles. The number of aliphatic imine (C=N–C) groups is 1. The van der Waals surface area contributed by atoms with Gasteiger partial charge in [-0.1, -0.05) is 0 Å². The number of hydrogen-bond acceptors (Lipinski definition) is 5. The Balaban J connectivity index is 0.00000676. The van der Waals surface area contributed by atoms with Crippen LogP contribution in [0.25, 0.3) is 0 Å². The second kappa shape index (κ2) is 11.0. The van der Waals surface area contributed by atoms with E-state index >= 15 is 0 Å². The third-order valence-corrected chi connectivity index (χ3v) is 4.54. The van der Waals surface area contributed by atoms with Gasteiger partial charge in [-0.3, -0.25) is 4.99 Å². The van der Waals surface area contributed by atoms with Crippen LogP contribution in [0, 0.1) is 13.8 Å². The maximum absolute atomic E-state index is 11.9. The highest BCUT2D eigenvalue weighted by molar-refractivity contribution is 14.0. The molecule has 0 bridgehead atoms. The summed E-state index contributed by atoms with van der Waals surface area (Å²) in [6.07, 6.45) is 0.473. The number of guanidine groups is 1. The van der Waals surface area contributed by atoms with Gasteiger partial charge in [0.05, 0.1) is 16.2 Å². The van der Waals surface area contributed by atoms with Crippen LogP contribution in [-0.2, 0) is 11.2 Å². The largest absolute Gasteiger partial charge is 0.444 e. The summed E-state index contributed by atoms with van der Waals surface area (Å²) in [5, 5.41) is 10.5. The van der Waals surface area contributed by atoms with E-state index in [0.29, 0.717) is 12.5 Å². The smallest absolute Gasteiger partial charge is 0.408 e. The number of nitrogens with zero attached hydrogens (tertiary/aromatic N) is 2. The number of halogens is 1. The number of alkyl carbamates (subject to hydrolysis) is 1. The highest BCUT2D eigenvalue weighted by Crippen LogP contribution is 2.17. The van der Waals surface area contributed by atoms with Gasteiger partial charge in [-0.15, -0.1) is 35.3 Å². The molecule has 0 saturated carbocycles. The Hall–Kier alpha value is -1.10. The minimum Gasteiger partial charge on any atom is -0.444 e. The molecular weight excluding hydrogens is 477 g/mol. The first kappa shape index (κ1) is 25.9. The fourth-order valence-corrected chi connectivity index (χ4v) is 3.19. The molecule has 1 heterocycles. The van der Waals surface area contributed by atoms with Crippen LogP contribution >= 0.6 is 35.3 Å². The SMILES string of the molecule is CN=C(NCCc1sc(C)nc1C)NCC(C)(C)NC(=O)OC(C)(C)C.I. The topological polar surface area (TPSA) is 87.6 Å². The van der Waals surface area contributed by atoms with E-state index in [4.69, 9.17) is 4.74 Å². The quantitative estimate of drug-likeness (QED) is 0.310. The van der Waals surface area contributed by atoms with Gasteiger partial charge in [0.1, 0.15) is 5.60 Å². The molecule has 1 rings (SSSR count). The van der Waals surface area contributed by atoms with Crippen molar-refractivity contribution in [3.8, 4) is 0 Å². The lowest BCUT2D eigenvalue weighted by atomic mass is 10.1. The van der Waals surface area contributed by atoms with Crippen LogP contribution in [0.2, 0.25) is 0 Å². The fourth-order valence-electron chi connectivity index (χ4n) is 2.25. The molecule has 0 radical (unpaired) electrons. The Kier molecular flexibility index (Phi) is 10.6. The van der Waals surface area contributed by atoms with E-state index < -0.39 is 17.2 Å². The number of rotatable bonds is 6. The van der Waals surface area contributed by atoms with Gasteiger partial charge in [-0.2, -0.15) is 0 Å². The molecule has 1 amide bonds. The molecule has 27 heavy (non-hydrogen) atoms. The predicted molar refractivity (Wildman–Crippen MR) is 124 cm³/mol. The molecule has 0 atom stereocenters. The Morgan fingerprint density at radius 2 is 1.81 bits per heavy atom. The lowest BCUT2D eigenvalue weighted by Crippen LogP contribution is -2.54. The van der Waals surface area contributed by atoms with Crippen LogP contribution in [0.3, 0.4) is 0 Å². The summed E-state index contributed by atoms with van der Waals surface area (Å²) in [7, 11) is 1.73. The van der Waals surface area contributed by atoms with Gasteiger partial charge in [0.15, 0.2) is 5.96 Å². The molecule has 0 spiro atoms. The standard InChI is InChI=1S/C18H33N5O2S.HI/c1-12-14(26-13(2)22-12)9-10-20-15(19-8)21-11-18(6,7)23-16(24)25-17(3,4)5;/h9-11H2,1-8H3,(H,23,24)(H2,19,20,21);1H. The van der Waals surface area contributed by atoms with Crippen molar-refractivity contribution in [3.05, 3.63) is 15.6 Å². The number of amides is 1. The van der Waals surface area contributed by atoms with E-state index in [1.807, 2.05) is 48.5 Å². The highest BCUT2D eigenvalue weighted by atomic mass is 127. The van der Waals surface area contributed by atoms with Crippen LogP contribution in [0.5, 0.6) is 0 Å². The summed E-state index contributed by atoms with van der Waals surface area (Å²) in [4.78, 5) is 21.9. The van der Waals surface area contributed by atoms with Gasteiger partial charge in [-0.05, 0) is 48.5 Å². The molecule has 0 aliphatic rings. The summed E-state index contributed by atoms with van der Waals surface area (Å²) < 4.78 is 5.31. The van der Waals surface area contributed by atoms with Gasteiger partial charge in [0, 0.05) is 31.4 Å². The summed E-state index contributed by atoms with van der Waals surface area (Å²) >= 11 is 1.73. The van der Waals surface area contributed by atoms with Crippen molar-refractivity contribution in [2.75, 3.05) is 20.1 Å². The van der Waals surface area contributed by atoms with Crippen LogP contribution in [0.1, 0.15) is 50.2 Å². The molecule has 3 N–H and O–H groups in total. The van der Waals surface area contributed by atoms with Crippen molar-refractivity contribution in [1.82, 2.24) is 20.9 Å². The Labute approximate surface area is 184 Å².